The van der Waals surface area contributed by atoms with E-state index in [1.165, 1.54) is 42.6 Å². The highest BCUT2D eigenvalue weighted by atomic mass is 19.4. The standard InChI is InChI=1S/C16H9F3N2O3/c17-16(18,19)12-8-13(22)21-7-1-2-11(14(21)20-12)9-3-5-10(6-4-9)15(23)24/h1-8H,(H,23,24). The van der Waals surface area contributed by atoms with Crippen LogP contribution < -0.4 is 5.56 Å². The molecule has 2 aromatic heterocycles. The number of rotatable bonds is 2. The fourth-order valence-electron chi connectivity index (χ4n) is 2.29. The quantitative estimate of drug-likeness (QED) is 0.782. The van der Waals surface area contributed by atoms with Gasteiger partial charge < -0.3 is 5.11 Å². The predicted molar refractivity (Wildman–Crippen MR) is 78.9 cm³/mol. The van der Waals surface area contributed by atoms with Gasteiger partial charge in [-0.05, 0) is 29.8 Å². The van der Waals surface area contributed by atoms with E-state index < -0.39 is 23.4 Å². The number of fused-ring (bicyclic) bond motifs is 1. The summed E-state index contributed by atoms with van der Waals surface area (Å²) in [6, 6.07) is 9.00. The summed E-state index contributed by atoms with van der Waals surface area (Å²) in [5.41, 5.74) is -1.50. The fourth-order valence-corrected chi connectivity index (χ4v) is 2.29. The Kier molecular flexibility index (Phi) is 3.59. The molecule has 0 spiro atoms. The number of carboxylic acids is 1. The second-order valence-corrected chi connectivity index (χ2v) is 4.98. The molecular weight excluding hydrogens is 325 g/mol. The van der Waals surface area contributed by atoms with Gasteiger partial charge in [0, 0.05) is 17.8 Å². The molecule has 0 aliphatic carbocycles. The van der Waals surface area contributed by atoms with Gasteiger partial charge >= 0.3 is 12.1 Å². The summed E-state index contributed by atoms with van der Waals surface area (Å²) in [5, 5.41) is 8.90. The van der Waals surface area contributed by atoms with Crippen LogP contribution in [0.25, 0.3) is 16.8 Å². The monoisotopic (exact) mass is 334 g/mol. The molecule has 0 amide bonds. The molecule has 2 heterocycles. The lowest BCUT2D eigenvalue weighted by Gasteiger charge is -2.10. The summed E-state index contributed by atoms with van der Waals surface area (Å²) >= 11 is 0. The molecule has 122 valence electrons. The number of aromatic carboxylic acids is 1. The van der Waals surface area contributed by atoms with Crippen LogP contribution in [0, 0.1) is 0 Å². The van der Waals surface area contributed by atoms with Crippen LogP contribution in [-0.2, 0) is 6.18 Å². The van der Waals surface area contributed by atoms with E-state index in [9.17, 15) is 22.8 Å². The van der Waals surface area contributed by atoms with E-state index >= 15 is 0 Å². The lowest BCUT2D eigenvalue weighted by molar-refractivity contribution is -0.141. The minimum atomic E-state index is -4.74. The van der Waals surface area contributed by atoms with Gasteiger partial charge in [-0.3, -0.25) is 9.20 Å². The summed E-state index contributed by atoms with van der Waals surface area (Å²) in [7, 11) is 0. The Balaban J connectivity index is 2.26. The van der Waals surface area contributed by atoms with Crippen molar-refractivity contribution in [2.45, 2.75) is 6.18 Å². The molecule has 0 aliphatic heterocycles. The van der Waals surface area contributed by atoms with Crippen molar-refractivity contribution in [1.29, 1.82) is 0 Å². The van der Waals surface area contributed by atoms with Gasteiger partial charge in [0.05, 0.1) is 5.56 Å². The van der Waals surface area contributed by atoms with E-state index in [1.807, 2.05) is 0 Å². The van der Waals surface area contributed by atoms with Gasteiger partial charge in [-0.15, -0.1) is 0 Å². The third kappa shape index (κ3) is 2.73. The van der Waals surface area contributed by atoms with E-state index in [1.54, 1.807) is 0 Å². The molecule has 3 aromatic rings. The number of carbonyl (C=O) groups is 1. The third-order valence-electron chi connectivity index (χ3n) is 3.42. The average molecular weight is 334 g/mol. The number of benzene rings is 1. The maximum atomic E-state index is 12.9. The van der Waals surface area contributed by atoms with Gasteiger partial charge in [0.25, 0.3) is 5.56 Å². The van der Waals surface area contributed by atoms with Crippen LogP contribution >= 0.6 is 0 Å². The first kappa shape index (κ1) is 15.7. The molecule has 0 atom stereocenters. The highest BCUT2D eigenvalue weighted by Crippen LogP contribution is 2.29. The summed E-state index contributed by atoms with van der Waals surface area (Å²) in [4.78, 5) is 26.4. The first-order valence-corrected chi connectivity index (χ1v) is 6.71. The van der Waals surface area contributed by atoms with Crippen molar-refractivity contribution in [2.75, 3.05) is 0 Å². The Labute approximate surface area is 132 Å². The second-order valence-electron chi connectivity index (χ2n) is 4.98. The lowest BCUT2D eigenvalue weighted by atomic mass is 10.0. The maximum absolute atomic E-state index is 12.9. The molecule has 3 rings (SSSR count). The number of nitrogens with zero attached hydrogens (tertiary/aromatic N) is 2. The van der Waals surface area contributed by atoms with Crippen LogP contribution in [0.1, 0.15) is 16.1 Å². The van der Waals surface area contributed by atoms with Crippen LogP contribution in [-0.4, -0.2) is 20.5 Å². The Morgan fingerprint density at radius 1 is 1.12 bits per heavy atom. The molecule has 0 saturated carbocycles. The SMILES string of the molecule is O=C(O)c1ccc(-c2cccn3c(=O)cc(C(F)(F)F)nc23)cc1. The topological polar surface area (TPSA) is 71.7 Å². The molecular formula is C16H9F3N2O3. The van der Waals surface area contributed by atoms with Crippen LogP contribution in [0.5, 0.6) is 0 Å². The van der Waals surface area contributed by atoms with E-state index in [0.29, 0.717) is 11.6 Å². The number of hydrogen-bond acceptors (Lipinski definition) is 3. The van der Waals surface area contributed by atoms with Crippen LogP contribution in [0.15, 0.2) is 53.5 Å². The molecule has 24 heavy (non-hydrogen) atoms. The van der Waals surface area contributed by atoms with E-state index in [-0.39, 0.29) is 16.8 Å². The van der Waals surface area contributed by atoms with Crippen molar-refractivity contribution in [1.82, 2.24) is 9.38 Å². The number of alkyl halides is 3. The normalized spacial score (nSPS) is 11.6. The van der Waals surface area contributed by atoms with Crippen molar-refractivity contribution >= 4 is 11.6 Å². The first-order valence-electron chi connectivity index (χ1n) is 6.71. The molecule has 0 saturated heterocycles. The molecule has 0 aliphatic rings. The Bertz CT molecular complexity index is 992. The van der Waals surface area contributed by atoms with E-state index in [4.69, 9.17) is 5.11 Å². The summed E-state index contributed by atoms with van der Waals surface area (Å²) in [6.07, 6.45) is -3.42. The van der Waals surface area contributed by atoms with Gasteiger partial charge in [-0.1, -0.05) is 12.1 Å². The minimum Gasteiger partial charge on any atom is -0.478 e. The highest BCUT2D eigenvalue weighted by Gasteiger charge is 2.33. The zero-order valence-corrected chi connectivity index (χ0v) is 11.9. The van der Waals surface area contributed by atoms with Crippen molar-refractivity contribution in [2.24, 2.45) is 0 Å². The zero-order chi connectivity index (χ0) is 17.5. The largest absolute Gasteiger partial charge is 0.478 e. The van der Waals surface area contributed by atoms with Crippen LogP contribution in [0.3, 0.4) is 0 Å². The van der Waals surface area contributed by atoms with Gasteiger partial charge in [-0.2, -0.15) is 13.2 Å². The first-order chi connectivity index (χ1) is 11.3. The van der Waals surface area contributed by atoms with Crippen molar-refractivity contribution in [3.8, 4) is 11.1 Å². The van der Waals surface area contributed by atoms with E-state index in [0.717, 1.165) is 4.40 Å². The summed E-state index contributed by atoms with van der Waals surface area (Å²) in [5.74, 6) is -1.12. The van der Waals surface area contributed by atoms with Crippen LogP contribution in [0.4, 0.5) is 13.2 Å². The van der Waals surface area contributed by atoms with Gasteiger partial charge in [-0.25, -0.2) is 9.78 Å². The number of pyridine rings is 1. The highest BCUT2D eigenvalue weighted by molar-refractivity contribution is 5.89. The number of aromatic nitrogens is 2. The van der Waals surface area contributed by atoms with Gasteiger partial charge in [0.1, 0.15) is 5.65 Å². The fraction of sp³-hybridized carbons (Fsp3) is 0.0625. The third-order valence-corrected chi connectivity index (χ3v) is 3.42. The number of halogens is 3. The Morgan fingerprint density at radius 3 is 2.38 bits per heavy atom. The van der Waals surface area contributed by atoms with Crippen molar-refractivity contribution in [3.63, 3.8) is 0 Å². The molecule has 5 nitrogen and oxygen atoms in total. The summed E-state index contributed by atoms with van der Waals surface area (Å²) < 4.78 is 39.7. The van der Waals surface area contributed by atoms with E-state index in [2.05, 4.69) is 4.98 Å². The van der Waals surface area contributed by atoms with Gasteiger partial charge in [0.15, 0.2) is 5.69 Å². The maximum Gasteiger partial charge on any atom is 0.433 e. The molecule has 0 radical (unpaired) electrons. The van der Waals surface area contributed by atoms with Crippen LogP contribution in [0.2, 0.25) is 0 Å². The van der Waals surface area contributed by atoms with Gasteiger partial charge in [0.2, 0.25) is 0 Å². The molecule has 0 fully saturated rings. The zero-order valence-electron chi connectivity index (χ0n) is 11.9. The predicted octanol–water partition coefficient (Wildman–Crippen LogP) is 3.08. The molecule has 1 aromatic carbocycles. The molecule has 1 N–H and O–H groups in total. The minimum absolute atomic E-state index is 0.0418. The number of hydrogen-bond donors (Lipinski definition) is 1. The Hall–Kier alpha value is -3.16. The molecule has 8 heteroatoms. The molecule has 0 bridgehead atoms. The van der Waals surface area contributed by atoms with Crippen molar-refractivity contribution < 1.29 is 23.1 Å². The summed E-state index contributed by atoms with van der Waals surface area (Å²) in [6.45, 7) is 0. The Morgan fingerprint density at radius 2 is 1.79 bits per heavy atom. The smallest absolute Gasteiger partial charge is 0.433 e. The lowest BCUT2D eigenvalue weighted by Crippen LogP contribution is -2.20. The second kappa shape index (κ2) is 5.48. The van der Waals surface area contributed by atoms with Crippen molar-refractivity contribution in [3.05, 3.63) is 70.3 Å². The molecule has 0 unspecified atom stereocenters. The average Bonchev–Trinajstić information content (AvgIpc) is 2.53. The number of carboxylic acid groups (broad SMARTS) is 1.